The Balaban J connectivity index is 1.40. The Bertz CT molecular complexity index is 775. The zero-order chi connectivity index (χ0) is 18.9. The number of hydrogen-bond acceptors (Lipinski definition) is 5. The van der Waals surface area contributed by atoms with Crippen LogP contribution in [0.5, 0.6) is 5.75 Å². The molecule has 140 valence electrons. The molecule has 0 spiro atoms. The Kier molecular flexibility index (Phi) is 6.49. The first-order valence-electron chi connectivity index (χ1n) is 8.82. The Morgan fingerprint density at radius 3 is 2.56 bits per heavy atom. The summed E-state index contributed by atoms with van der Waals surface area (Å²) in [4.78, 5) is 16.4. The summed E-state index contributed by atoms with van der Waals surface area (Å²) in [6, 6.07) is 17.1. The number of ether oxygens (including phenoxy) is 1. The molecule has 0 fully saturated rings. The topological polar surface area (TPSA) is 56.8 Å². The highest BCUT2D eigenvalue weighted by molar-refractivity contribution is 5.93. The van der Waals surface area contributed by atoms with Crippen molar-refractivity contribution in [2.75, 3.05) is 19.9 Å². The highest BCUT2D eigenvalue weighted by atomic mass is 16.5. The molecular formula is C21H24N4O2. The van der Waals surface area contributed by atoms with Gasteiger partial charge in [-0.25, -0.2) is 5.43 Å². The zero-order valence-electron chi connectivity index (χ0n) is 15.2. The minimum atomic E-state index is -0.185. The van der Waals surface area contributed by atoms with Gasteiger partial charge in [0.25, 0.3) is 5.91 Å². The minimum absolute atomic E-state index is 0.185. The number of benzene rings is 2. The van der Waals surface area contributed by atoms with E-state index >= 15 is 0 Å². The van der Waals surface area contributed by atoms with E-state index in [0.29, 0.717) is 18.8 Å². The van der Waals surface area contributed by atoms with Crippen LogP contribution >= 0.6 is 0 Å². The number of amides is 1. The normalized spacial score (nSPS) is 12.9. The lowest BCUT2D eigenvalue weighted by molar-refractivity contribution is 0.0922. The largest absolute Gasteiger partial charge is 0.489 e. The van der Waals surface area contributed by atoms with Crippen molar-refractivity contribution in [1.29, 1.82) is 0 Å². The summed E-state index contributed by atoms with van der Waals surface area (Å²) < 4.78 is 5.73. The van der Waals surface area contributed by atoms with Gasteiger partial charge in [0.2, 0.25) is 0 Å². The number of nitrogens with zero attached hydrogens (tertiary/aromatic N) is 2. The lowest BCUT2D eigenvalue weighted by Crippen LogP contribution is -2.43. The summed E-state index contributed by atoms with van der Waals surface area (Å²) >= 11 is 0. The lowest BCUT2D eigenvalue weighted by Gasteiger charge is -2.20. The third-order valence-corrected chi connectivity index (χ3v) is 4.06. The predicted octanol–water partition coefficient (Wildman–Crippen LogP) is 2.69. The molecule has 1 amide bonds. The number of hydrazine groups is 1. The average molecular weight is 364 g/mol. The molecule has 0 aromatic heterocycles. The Morgan fingerprint density at radius 1 is 1.07 bits per heavy atom. The average Bonchev–Trinajstić information content (AvgIpc) is 3.15. The van der Waals surface area contributed by atoms with Crippen LogP contribution in [0.2, 0.25) is 0 Å². The maximum absolute atomic E-state index is 12.2. The summed E-state index contributed by atoms with van der Waals surface area (Å²) in [5.41, 5.74) is 7.32. The summed E-state index contributed by atoms with van der Waals surface area (Å²) in [7, 11) is 0. The molecule has 0 radical (unpaired) electrons. The highest BCUT2D eigenvalue weighted by Crippen LogP contribution is 2.14. The molecule has 6 nitrogen and oxygen atoms in total. The van der Waals surface area contributed by atoms with Crippen LogP contribution in [0, 0.1) is 0 Å². The fourth-order valence-corrected chi connectivity index (χ4v) is 2.64. The number of rotatable bonds is 9. The number of hydrogen-bond donors (Lipinski definition) is 2. The molecule has 1 aliphatic rings. The standard InChI is InChI=1S/C21H24N4O2/c1-2-12-24-13-14-25(17-24)16-22-23-21(26)19-8-10-20(11-9-19)27-15-18-6-4-3-5-7-18/h2-11,13-14,22H,1,12,15-17H2,(H,23,26). The van der Waals surface area contributed by atoms with Gasteiger partial charge in [0.1, 0.15) is 12.4 Å². The van der Waals surface area contributed by atoms with Crippen LogP contribution in [-0.2, 0) is 6.61 Å². The van der Waals surface area contributed by atoms with E-state index in [0.717, 1.165) is 24.5 Å². The quantitative estimate of drug-likeness (QED) is 0.529. The van der Waals surface area contributed by atoms with Crippen molar-refractivity contribution in [2.24, 2.45) is 0 Å². The Morgan fingerprint density at radius 2 is 1.81 bits per heavy atom. The van der Waals surface area contributed by atoms with E-state index < -0.39 is 0 Å². The minimum Gasteiger partial charge on any atom is -0.489 e. The molecular weight excluding hydrogens is 340 g/mol. The van der Waals surface area contributed by atoms with Gasteiger partial charge in [-0.15, -0.1) is 6.58 Å². The van der Waals surface area contributed by atoms with Gasteiger partial charge in [0.05, 0.1) is 13.3 Å². The van der Waals surface area contributed by atoms with Crippen LogP contribution in [0.1, 0.15) is 15.9 Å². The smallest absolute Gasteiger partial charge is 0.265 e. The molecule has 2 aromatic rings. The fourth-order valence-electron chi connectivity index (χ4n) is 2.64. The molecule has 6 heteroatoms. The first kappa shape index (κ1) is 18.5. The Hall–Kier alpha value is -3.25. The molecule has 3 rings (SSSR count). The van der Waals surface area contributed by atoms with E-state index in [2.05, 4.69) is 22.3 Å². The lowest BCUT2D eigenvalue weighted by atomic mass is 10.2. The van der Waals surface area contributed by atoms with Crippen molar-refractivity contribution in [3.8, 4) is 5.75 Å². The van der Waals surface area contributed by atoms with Gasteiger partial charge in [-0.2, -0.15) is 0 Å². The molecule has 2 N–H and O–H groups in total. The summed E-state index contributed by atoms with van der Waals surface area (Å²) in [5, 5.41) is 0. The van der Waals surface area contributed by atoms with Gasteiger partial charge in [-0.1, -0.05) is 36.4 Å². The first-order chi connectivity index (χ1) is 13.2. The zero-order valence-corrected chi connectivity index (χ0v) is 15.2. The summed E-state index contributed by atoms with van der Waals surface area (Å²) in [5.74, 6) is 0.545. The number of carbonyl (C=O) groups is 1. The molecule has 0 bridgehead atoms. The second-order valence-electron chi connectivity index (χ2n) is 6.18. The highest BCUT2D eigenvalue weighted by Gasteiger charge is 2.11. The van der Waals surface area contributed by atoms with Gasteiger partial charge in [0.15, 0.2) is 0 Å². The van der Waals surface area contributed by atoms with Gasteiger partial charge in [-0.3, -0.25) is 10.2 Å². The van der Waals surface area contributed by atoms with E-state index in [1.165, 1.54) is 0 Å². The van der Waals surface area contributed by atoms with E-state index in [-0.39, 0.29) is 5.91 Å². The van der Waals surface area contributed by atoms with Crippen molar-refractivity contribution < 1.29 is 9.53 Å². The van der Waals surface area contributed by atoms with Gasteiger partial charge in [0, 0.05) is 24.5 Å². The molecule has 0 atom stereocenters. The molecule has 0 aliphatic carbocycles. The van der Waals surface area contributed by atoms with Crippen molar-refractivity contribution in [3.05, 3.63) is 90.8 Å². The van der Waals surface area contributed by atoms with Crippen LogP contribution in [0.15, 0.2) is 79.7 Å². The van der Waals surface area contributed by atoms with Crippen molar-refractivity contribution in [2.45, 2.75) is 6.61 Å². The van der Waals surface area contributed by atoms with Gasteiger partial charge < -0.3 is 14.5 Å². The van der Waals surface area contributed by atoms with Gasteiger partial charge >= 0.3 is 0 Å². The van der Waals surface area contributed by atoms with Crippen molar-refractivity contribution in [1.82, 2.24) is 20.7 Å². The van der Waals surface area contributed by atoms with Crippen LogP contribution in [0.4, 0.5) is 0 Å². The van der Waals surface area contributed by atoms with Crippen LogP contribution in [0.25, 0.3) is 0 Å². The summed E-state index contributed by atoms with van der Waals surface area (Å²) in [6.07, 6.45) is 5.83. The van der Waals surface area contributed by atoms with Crippen molar-refractivity contribution >= 4 is 5.91 Å². The second-order valence-corrected chi connectivity index (χ2v) is 6.18. The monoisotopic (exact) mass is 364 g/mol. The molecule has 27 heavy (non-hydrogen) atoms. The first-order valence-corrected chi connectivity index (χ1v) is 8.82. The SMILES string of the molecule is C=CCN1C=CN(CNNC(=O)c2ccc(OCc3ccccc3)cc2)C1. The van der Waals surface area contributed by atoms with Crippen molar-refractivity contribution in [3.63, 3.8) is 0 Å². The molecule has 1 aliphatic heterocycles. The van der Waals surface area contributed by atoms with Crippen LogP contribution < -0.4 is 15.6 Å². The molecule has 1 heterocycles. The maximum Gasteiger partial charge on any atom is 0.265 e. The van der Waals surface area contributed by atoms with E-state index in [1.54, 1.807) is 24.3 Å². The van der Waals surface area contributed by atoms with Gasteiger partial charge in [-0.05, 0) is 29.8 Å². The third-order valence-electron chi connectivity index (χ3n) is 4.06. The van der Waals surface area contributed by atoms with E-state index in [4.69, 9.17) is 4.74 Å². The number of carbonyl (C=O) groups excluding carboxylic acids is 1. The molecule has 0 unspecified atom stereocenters. The molecule has 0 saturated carbocycles. The number of nitrogens with one attached hydrogen (secondary N) is 2. The van der Waals surface area contributed by atoms with E-state index in [1.807, 2.05) is 53.7 Å². The van der Waals surface area contributed by atoms with Crippen LogP contribution in [0.3, 0.4) is 0 Å². The van der Waals surface area contributed by atoms with Crippen LogP contribution in [-0.4, -0.2) is 35.6 Å². The second kappa shape index (κ2) is 9.45. The summed E-state index contributed by atoms with van der Waals surface area (Å²) in [6.45, 7) is 6.32. The van der Waals surface area contributed by atoms with E-state index in [9.17, 15) is 4.79 Å². The molecule has 0 saturated heterocycles. The Labute approximate surface area is 159 Å². The fraction of sp³-hybridized carbons (Fsp3) is 0.190. The maximum atomic E-state index is 12.2. The molecule has 2 aromatic carbocycles. The third kappa shape index (κ3) is 5.62. The predicted molar refractivity (Wildman–Crippen MR) is 105 cm³/mol.